The van der Waals surface area contributed by atoms with Gasteiger partial charge in [0.05, 0.1) is 6.61 Å². The average molecular weight is 184 g/mol. The molecule has 12 heavy (non-hydrogen) atoms. The maximum atomic E-state index is 8.99. The highest BCUT2D eigenvalue weighted by Gasteiger charge is 2.00. The molecule has 0 amide bonds. The first kappa shape index (κ1) is 9.38. The molecule has 0 aliphatic carbocycles. The summed E-state index contributed by atoms with van der Waals surface area (Å²) >= 11 is 1.61. The number of anilines is 1. The number of thioether (sulfide) groups is 1. The van der Waals surface area contributed by atoms with Crippen LogP contribution in [0.5, 0.6) is 0 Å². The van der Waals surface area contributed by atoms with Gasteiger partial charge >= 0.3 is 0 Å². The summed E-state index contributed by atoms with van der Waals surface area (Å²) in [7, 11) is 0. The number of benzene rings is 1. The van der Waals surface area contributed by atoms with Gasteiger partial charge in [0, 0.05) is 10.6 Å². The Morgan fingerprint density at radius 3 is 2.83 bits per heavy atom. The lowest BCUT2D eigenvalue weighted by molar-refractivity contribution is 0.279. The normalized spacial score (nSPS) is 9.92. The third kappa shape index (κ3) is 1.91. The van der Waals surface area contributed by atoms with Crippen LogP contribution in [0.1, 0.15) is 5.56 Å². The molecular weight excluding hydrogens is 172 g/mol. The van der Waals surface area contributed by atoms with Crippen molar-refractivity contribution in [3.05, 3.63) is 23.8 Å². The lowest BCUT2D eigenvalue weighted by Crippen LogP contribution is -2.07. The zero-order valence-electron chi connectivity index (χ0n) is 6.87. The molecule has 0 aliphatic heterocycles. The van der Waals surface area contributed by atoms with E-state index >= 15 is 0 Å². The average Bonchev–Trinajstić information content (AvgIpc) is 2.16. The van der Waals surface area contributed by atoms with Gasteiger partial charge in [0.25, 0.3) is 0 Å². The smallest absolute Gasteiger partial charge is 0.0693 e. The Hall–Kier alpha value is -0.710. The first-order valence-electron chi connectivity index (χ1n) is 3.56. The van der Waals surface area contributed by atoms with E-state index in [0.717, 1.165) is 16.1 Å². The van der Waals surface area contributed by atoms with Crippen LogP contribution in [0.4, 0.5) is 5.69 Å². The molecule has 0 aromatic heterocycles. The van der Waals surface area contributed by atoms with Gasteiger partial charge in [0.1, 0.15) is 0 Å². The minimum atomic E-state index is 0.0473. The first-order chi connectivity index (χ1) is 5.81. The molecule has 1 aromatic rings. The predicted molar refractivity (Wildman–Crippen MR) is 52.0 cm³/mol. The molecule has 0 spiro atoms. The number of nitrogen functional groups attached to an aromatic ring is 1. The van der Waals surface area contributed by atoms with Crippen LogP contribution in [0.15, 0.2) is 23.1 Å². The van der Waals surface area contributed by atoms with E-state index in [4.69, 9.17) is 10.9 Å². The summed E-state index contributed by atoms with van der Waals surface area (Å²) in [6.45, 7) is 0.0473. The standard InChI is InChI=1S/C8H12N2OS/c1-12-8-3-2-7(10-9)4-6(8)5-11/h2-4,10-11H,5,9H2,1H3. The monoisotopic (exact) mass is 184 g/mol. The number of nitrogens with one attached hydrogen (secondary N) is 1. The van der Waals surface area contributed by atoms with E-state index in [1.165, 1.54) is 0 Å². The second-order valence-corrected chi connectivity index (χ2v) is 3.18. The molecule has 66 valence electrons. The number of hydrogen-bond donors (Lipinski definition) is 3. The van der Waals surface area contributed by atoms with Crippen LogP contribution in [0.3, 0.4) is 0 Å². The Bertz CT molecular complexity index is 265. The Morgan fingerprint density at radius 1 is 1.58 bits per heavy atom. The van der Waals surface area contributed by atoms with Crippen molar-refractivity contribution in [3.8, 4) is 0 Å². The summed E-state index contributed by atoms with van der Waals surface area (Å²) in [6, 6.07) is 5.65. The Balaban J connectivity index is 3.02. The minimum absolute atomic E-state index is 0.0473. The predicted octanol–water partition coefficient (Wildman–Crippen LogP) is 1.19. The number of hydrogen-bond acceptors (Lipinski definition) is 4. The quantitative estimate of drug-likeness (QED) is 0.375. The maximum absolute atomic E-state index is 8.99. The largest absolute Gasteiger partial charge is 0.392 e. The zero-order valence-corrected chi connectivity index (χ0v) is 7.69. The van der Waals surface area contributed by atoms with Gasteiger partial charge in [-0.3, -0.25) is 5.84 Å². The van der Waals surface area contributed by atoms with Crippen LogP contribution in [0.25, 0.3) is 0 Å². The summed E-state index contributed by atoms with van der Waals surface area (Å²) in [5.74, 6) is 5.23. The summed E-state index contributed by atoms with van der Waals surface area (Å²) in [6.07, 6.45) is 1.98. The van der Waals surface area contributed by atoms with E-state index < -0.39 is 0 Å². The van der Waals surface area contributed by atoms with Crippen molar-refractivity contribution in [3.63, 3.8) is 0 Å². The van der Waals surface area contributed by atoms with Crippen LogP contribution in [0.2, 0.25) is 0 Å². The summed E-state index contributed by atoms with van der Waals surface area (Å²) in [5.41, 5.74) is 4.25. The van der Waals surface area contributed by atoms with E-state index in [2.05, 4.69) is 5.43 Å². The number of aliphatic hydroxyl groups is 1. The fourth-order valence-corrected chi connectivity index (χ4v) is 1.58. The molecule has 0 heterocycles. The van der Waals surface area contributed by atoms with Crippen molar-refractivity contribution in [1.82, 2.24) is 0 Å². The summed E-state index contributed by atoms with van der Waals surface area (Å²) in [5, 5.41) is 8.99. The van der Waals surface area contributed by atoms with Gasteiger partial charge in [0.15, 0.2) is 0 Å². The third-order valence-electron chi connectivity index (χ3n) is 1.62. The molecular formula is C8H12N2OS. The topological polar surface area (TPSA) is 58.3 Å². The summed E-state index contributed by atoms with van der Waals surface area (Å²) < 4.78 is 0. The molecule has 0 bridgehead atoms. The molecule has 0 aliphatic rings. The van der Waals surface area contributed by atoms with Gasteiger partial charge in [-0.1, -0.05) is 0 Å². The van der Waals surface area contributed by atoms with Gasteiger partial charge in [-0.25, -0.2) is 0 Å². The van der Waals surface area contributed by atoms with Crippen molar-refractivity contribution in [2.24, 2.45) is 5.84 Å². The molecule has 0 radical (unpaired) electrons. The van der Waals surface area contributed by atoms with Gasteiger partial charge in [-0.05, 0) is 30.0 Å². The maximum Gasteiger partial charge on any atom is 0.0693 e. The van der Waals surface area contributed by atoms with Gasteiger partial charge in [-0.15, -0.1) is 11.8 Å². The lowest BCUT2D eigenvalue weighted by atomic mass is 10.2. The first-order valence-corrected chi connectivity index (χ1v) is 4.78. The Morgan fingerprint density at radius 2 is 2.33 bits per heavy atom. The Labute approximate surface area is 75.9 Å². The molecule has 1 rings (SSSR count). The van der Waals surface area contributed by atoms with Crippen LogP contribution in [-0.4, -0.2) is 11.4 Å². The molecule has 0 atom stereocenters. The highest BCUT2D eigenvalue weighted by Crippen LogP contribution is 2.23. The van der Waals surface area contributed by atoms with E-state index in [9.17, 15) is 0 Å². The molecule has 0 unspecified atom stereocenters. The highest BCUT2D eigenvalue weighted by molar-refractivity contribution is 7.98. The molecule has 0 saturated heterocycles. The molecule has 4 heteroatoms. The Kier molecular flexibility index (Phi) is 3.40. The van der Waals surface area contributed by atoms with E-state index in [1.807, 2.05) is 24.5 Å². The van der Waals surface area contributed by atoms with Crippen molar-refractivity contribution in [1.29, 1.82) is 0 Å². The molecule has 4 N–H and O–H groups in total. The summed E-state index contributed by atoms with van der Waals surface area (Å²) in [4.78, 5) is 1.08. The van der Waals surface area contributed by atoms with Crippen LogP contribution < -0.4 is 11.3 Å². The number of nitrogens with two attached hydrogens (primary N) is 1. The van der Waals surface area contributed by atoms with Crippen molar-refractivity contribution < 1.29 is 5.11 Å². The SMILES string of the molecule is CSc1ccc(NN)cc1CO. The molecule has 1 aromatic carbocycles. The van der Waals surface area contributed by atoms with E-state index in [0.29, 0.717) is 0 Å². The van der Waals surface area contributed by atoms with Crippen LogP contribution in [-0.2, 0) is 6.61 Å². The van der Waals surface area contributed by atoms with Crippen molar-refractivity contribution >= 4 is 17.4 Å². The molecule has 3 nitrogen and oxygen atoms in total. The van der Waals surface area contributed by atoms with Gasteiger partial charge in [-0.2, -0.15) is 0 Å². The zero-order chi connectivity index (χ0) is 8.97. The second kappa shape index (κ2) is 4.35. The van der Waals surface area contributed by atoms with Crippen molar-refractivity contribution in [2.75, 3.05) is 11.7 Å². The van der Waals surface area contributed by atoms with Gasteiger partial charge < -0.3 is 10.5 Å². The number of rotatable bonds is 3. The second-order valence-electron chi connectivity index (χ2n) is 2.33. The third-order valence-corrected chi connectivity index (χ3v) is 2.46. The molecule has 0 saturated carbocycles. The minimum Gasteiger partial charge on any atom is -0.392 e. The number of hydrazine groups is 1. The van der Waals surface area contributed by atoms with E-state index in [-0.39, 0.29) is 6.61 Å². The molecule has 0 fully saturated rings. The van der Waals surface area contributed by atoms with Crippen LogP contribution >= 0.6 is 11.8 Å². The lowest BCUT2D eigenvalue weighted by Gasteiger charge is -2.06. The highest BCUT2D eigenvalue weighted by atomic mass is 32.2. The fourth-order valence-electron chi connectivity index (χ4n) is 0.992. The fraction of sp³-hybridized carbons (Fsp3) is 0.250. The number of aliphatic hydroxyl groups excluding tert-OH is 1. The van der Waals surface area contributed by atoms with Crippen molar-refractivity contribution in [2.45, 2.75) is 11.5 Å². The van der Waals surface area contributed by atoms with Crippen LogP contribution in [0, 0.1) is 0 Å². The van der Waals surface area contributed by atoms with Gasteiger partial charge in [0.2, 0.25) is 0 Å². The van der Waals surface area contributed by atoms with E-state index in [1.54, 1.807) is 11.8 Å².